The van der Waals surface area contributed by atoms with E-state index in [0.717, 1.165) is 17.2 Å². The standard InChI is InChI=1S/C17H16ClN3O5S/c1-27(25,26)20-7-6-11-2-3-13(8-12(11)10-20)19-17(22)15-5-4-14(21(23)24)9-16(15)18/h2-5,8-9H,6-7,10H2,1H3,(H,19,22). The molecule has 0 spiro atoms. The fraction of sp³-hybridized carbons (Fsp3) is 0.235. The molecule has 1 aliphatic heterocycles. The molecule has 0 aromatic heterocycles. The van der Waals surface area contributed by atoms with Crippen molar-refractivity contribution in [2.24, 2.45) is 0 Å². The topological polar surface area (TPSA) is 110 Å². The van der Waals surface area contributed by atoms with E-state index in [1.165, 1.54) is 22.7 Å². The molecule has 3 rings (SSSR count). The van der Waals surface area contributed by atoms with Crippen LogP contribution in [0.1, 0.15) is 21.5 Å². The summed E-state index contributed by atoms with van der Waals surface area (Å²) in [4.78, 5) is 22.6. The molecule has 10 heteroatoms. The summed E-state index contributed by atoms with van der Waals surface area (Å²) in [7, 11) is -3.29. The zero-order chi connectivity index (χ0) is 19.8. The molecule has 27 heavy (non-hydrogen) atoms. The van der Waals surface area contributed by atoms with Crippen LogP contribution in [0.15, 0.2) is 36.4 Å². The summed E-state index contributed by atoms with van der Waals surface area (Å²) in [5.74, 6) is -0.509. The van der Waals surface area contributed by atoms with Crippen molar-refractivity contribution in [3.63, 3.8) is 0 Å². The van der Waals surface area contributed by atoms with Gasteiger partial charge in [0.25, 0.3) is 11.6 Å². The van der Waals surface area contributed by atoms with Crippen molar-refractivity contribution < 1.29 is 18.1 Å². The van der Waals surface area contributed by atoms with Gasteiger partial charge in [-0.05, 0) is 35.7 Å². The Hall–Kier alpha value is -2.49. The molecule has 0 atom stereocenters. The van der Waals surface area contributed by atoms with Gasteiger partial charge in [0.15, 0.2) is 0 Å². The van der Waals surface area contributed by atoms with Gasteiger partial charge in [-0.3, -0.25) is 14.9 Å². The monoisotopic (exact) mass is 409 g/mol. The van der Waals surface area contributed by atoms with Crippen LogP contribution in [-0.4, -0.2) is 36.4 Å². The maximum Gasteiger partial charge on any atom is 0.270 e. The summed E-state index contributed by atoms with van der Waals surface area (Å²) in [5, 5.41) is 13.4. The minimum atomic E-state index is -3.29. The molecule has 1 heterocycles. The first-order valence-electron chi connectivity index (χ1n) is 7.97. The first-order valence-corrected chi connectivity index (χ1v) is 10.2. The van der Waals surface area contributed by atoms with E-state index in [4.69, 9.17) is 11.6 Å². The number of nitrogens with zero attached hydrogens (tertiary/aromatic N) is 2. The van der Waals surface area contributed by atoms with Gasteiger partial charge in [0.2, 0.25) is 10.0 Å². The number of rotatable bonds is 4. The molecule has 0 saturated heterocycles. The van der Waals surface area contributed by atoms with Crippen molar-refractivity contribution in [2.75, 3.05) is 18.1 Å². The highest BCUT2D eigenvalue weighted by Crippen LogP contribution is 2.26. The maximum absolute atomic E-state index is 12.4. The van der Waals surface area contributed by atoms with Crippen molar-refractivity contribution in [3.05, 3.63) is 68.2 Å². The second-order valence-electron chi connectivity index (χ2n) is 6.21. The number of amides is 1. The number of carbonyl (C=O) groups excluding carboxylic acids is 1. The molecule has 0 radical (unpaired) electrons. The summed E-state index contributed by atoms with van der Waals surface area (Å²) in [6.45, 7) is 0.673. The third-order valence-corrected chi connectivity index (χ3v) is 5.88. The highest BCUT2D eigenvalue weighted by molar-refractivity contribution is 7.88. The number of nitro groups is 1. The predicted molar refractivity (Wildman–Crippen MR) is 101 cm³/mol. The summed E-state index contributed by atoms with van der Waals surface area (Å²) < 4.78 is 24.9. The van der Waals surface area contributed by atoms with Crippen molar-refractivity contribution in [1.82, 2.24) is 4.31 Å². The average Bonchev–Trinajstić information content (AvgIpc) is 2.60. The van der Waals surface area contributed by atoms with Crippen molar-refractivity contribution in [2.45, 2.75) is 13.0 Å². The number of hydrogen-bond donors (Lipinski definition) is 1. The lowest BCUT2D eigenvalue weighted by Gasteiger charge is -2.27. The Bertz CT molecular complexity index is 1040. The number of anilines is 1. The first-order chi connectivity index (χ1) is 12.6. The molecule has 1 amide bonds. The lowest BCUT2D eigenvalue weighted by atomic mass is 10.0. The zero-order valence-electron chi connectivity index (χ0n) is 14.3. The van der Waals surface area contributed by atoms with Gasteiger partial charge in [-0.25, -0.2) is 8.42 Å². The van der Waals surface area contributed by atoms with Gasteiger partial charge in [0, 0.05) is 30.9 Å². The Morgan fingerprint density at radius 2 is 1.96 bits per heavy atom. The molecule has 0 saturated carbocycles. The van der Waals surface area contributed by atoms with Crippen molar-refractivity contribution in [1.29, 1.82) is 0 Å². The van der Waals surface area contributed by atoms with E-state index in [1.807, 2.05) is 6.07 Å². The van der Waals surface area contributed by atoms with Crippen LogP contribution < -0.4 is 5.32 Å². The minimum absolute atomic E-state index is 0.0251. The van der Waals surface area contributed by atoms with E-state index in [-0.39, 0.29) is 22.8 Å². The van der Waals surface area contributed by atoms with Crippen LogP contribution in [-0.2, 0) is 23.0 Å². The van der Waals surface area contributed by atoms with E-state index >= 15 is 0 Å². The summed E-state index contributed by atoms with van der Waals surface area (Å²) >= 11 is 5.98. The van der Waals surface area contributed by atoms with Gasteiger partial charge in [-0.15, -0.1) is 0 Å². The number of nitro benzene ring substituents is 1. The molecule has 0 fully saturated rings. The average molecular weight is 410 g/mol. The van der Waals surface area contributed by atoms with Gasteiger partial charge in [0.1, 0.15) is 0 Å². The highest BCUT2D eigenvalue weighted by atomic mass is 35.5. The number of non-ortho nitro benzene ring substituents is 1. The Balaban J connectivity index is 1.81. The second-order valence-corrected chi connectivity index (χ2v) is 8.60. The van der Waals surface area contributed by atoms with Gasteiger partial charge < -0.3 is 5.32 Å². The quantitative estimate of drug-likeness (QED) is 0.616. The number of fused-ring (bicyclic) bond motifs is 1. The summed E-state index contributed by atoms with van der Waals surface area (Å²) in [5.41, 5.74) is 2.24. The Labute approximate surface area is 160 Å². The van der Waals surface area contributed by atoms with Gasteiger partial charge in [-0.2, -0.15) is 4.31 Å². The van der Waals surface area contributed by atoms with E-state index in [0.29, 0.717) is 18.7 Å². The lowest BCUT2D eigenvalue weighted by Crippen LogP contribution is -2.35. The van der Waals surface area contributed by atoms with Crippen LogP contribution in [0.2, 0.25) is 5.02 Å². The van der Waals surface area contributed by atoms with E-state index in [2.05, 4.69) is 5.32 Å². The molecule has 8 nitrogen and oxygen atoms in total. The normalized spacial score (nSPS) is 14.4. The molecule has 142 valence electrons. The smallest absolute Gasteiger partial charge is 0.270 e. The third kappa shape index (κ3) is 4.26. The number of benzene rings is 2. The lowest BCUT2D eigenvalue weighted by molar-refractivity contribution is -0.384. The maximum atomic E-state index is 12.4. The van der Waals surface area contributed by atoms with Gasteiger partial charge in [-0.1, -0.05) is 17.7 Å². The molecule has 1 aliphatic rings. The number of nitrogens with one attached hydrogen (secondary N) is 1. The van der Waals surface area contributed by atoms with Crippen LogP contribution in [0.3, 0.4) is 0 Å². The van der Waals surface area contributed by atoms with Crippen LogP contribution in [0.25, 0.3) is 0 Å². The van der Waals surface area contributed by atoms with Crippen molar-refractivity contribution in [3.8, 4) is 0 Å². The Morgan fingerprint density at radius 3 is 2.59 bits per heavy atom. The van der Waals surface area contributed by atoms with Crippen LogP contribution in [0.5, 0.6) is 0 Å². The summed E-state index contributed by atoms with van der Waals surface area (Å²) in [6.07, 6.45) is 1.77. The zero-order valence-corrected chi connectivity index (χ0v) is 15.9. The second kappa shape index (κ2) is 7.26. The Morgan fingerprint density at radius 1 is 1.22 bits per heavy atom. The minimum Gasteiger partial charge on any atom is -0.322 e. The van der Waals surface area contributed by atoms with Crippen LogP contribution in [0.4, 0.5) is 11.4 Å². The largest absolute Gasteiger partial charge is 0.322 e. The molecule has 2 aromatic carbocycles. The van der Waals surface area contributed by atoms with E-state index in [9.17, 15) is 23.3 Å². The Kier molecular flexibility index (Phi) is 5.18. The molecule has 0 aliphatic carbocycles. The van der Waals surface area contributed by atoms with E-state index < -0.39 is 20.9 Å². The third-order valence-electron chi connectivity index (χ3n) is 4.32. The predicted octanol–water partition coefficient (Wildman–Crippen LogP) is 2.82. The van der Waals surface area contributed by atoms with Crippen LogP contribution in [0, 0.1) is 10.1 Å². The molecule has 1 N–H and O–H groups in total. The van der Waals surface area contributed by atoms with E-state index in [1.54, 1.807) is 12.1 Å². The number of hydrogen-bond acceptors (Lipinski definition) is 5. The number of halogens is 1. The number of sulfonamides is 1. The molecule has 0 unspecified atom stereocenters. The van der Waals surface area contributed by atoms with Crippen molar-refractivity contribution >= 4 is 38.9 Å². The van der Waals surface area contributed by atoms with Crippen LogP contribution >= 0.6 is 11.6 Å². The van der Waals surface area contributed by atoms with Gasteiger partial charge >= 0.3 is 0 Å². The fourth-order valence-electron chi connectivity index (χ4n) is 2.89. The molecular weight excluding hydrogens is 394 g/mol. The molecular formula is C17H16ClN3O5S. The summed E-state index contributed by atoms with van der Waals surface area (Å²) in [6, 6.07) is 8.92. The number of carbonyl (C=O) groups is 1. The first kappa shape index (κ1) is 19.3. The molecule has 0 bridgehead atoms. The molecule has 2 aromatic rings. The van der Waals surface area contributed by atoms with Gasteiger partial charge in [0.05, 0.1) is 21.8 Å². The highest BCUT2D eigenvalue weighted by Gasteiger charge is 2.23. The SMILES string of the molecule is CS(=O)(=O)N1CCc2ccc(NC(=O)c3ccc([N+](=O)[O-])cc3Cl)cc2C1. The fourth-order valence-corrected chi connectivity index (χ4v) is 3.95.